The number of nitrogens with zero attached hydrogens (tertiary/aromatic N) is 1. The third kappa shape index (κ3) is 4.26. The summed E-state index contributed by atoms with van der Waals surface area (Å²) in [5.74, 6) is 0.920. The number of carbonyl (C=O) groups is 1. The predicted octanol–water partition coefficient (Wildman–Crippen LogP) is 3.63. The average Bonchev–Trinajstić information content (AvgIpc) is 2.55. The Bertz CT molecular complexity index is 680. The number of methoxy groups -OCH3 is 2. The predicted molar refractivity (Wildman–Crippen MR) is 89.4 cm³/mol. The van der Waals surface area contributed by atoms with Crippen LogP contribution in [0.4, 0.5) is 10.5 Å². The molecule has 0 unspecified atom stereocenters. The third-order valence-corrected chi connectivity index (χ3v) is 3.50. The molecule has 1 heterocycles. The van der Waals surface area contributed by atoms with E-state index >= 15 is 0 Å². The molecule has 1 aromatic carbocycles. The van der Waals surface area contributed by atoms with Crippen LogP contribution < -0.4 is 20.1 Å². The van der Waals surface area contributed by atoms with E-state index in [-0.39, 0.29) is 12.1 Å². The van der Waals surface area contributed by atoms with Gasteiger partial charge in [-0.05, 0) is 25.1 Å². The van der Waals surface area contributed by atoms with Crippen LogP contribution in [0.1, 0.15) is 18.7 Å². The van der Waals surface area contributed by atoms with E-state index in [1.807, 2.05) is 25.1 Å². The van der Waals surface area contributed by atoms with Gasteiger partial charge >= 0.3 is 6.03 Å². The van der Waals surface area contributed by atoms with E-state index in [1.54, 1.807) is 18.3 Å². The molecule has 6 nitrogen and oxygen atoms in total. The normalized spacial score (nSPS) is 11.5. The fourth-order valence-corrected chi connectivity index (χ4v) is 2.26. The lowest BCUT2D eigenvalue weighted by Gasteiger charge is -2.16. The number of halogens is 1. The van der Waals surface area contributed by atoms with Crippen molar-refractivity contribution in [2.45, 2.75) is 13.0 Å². The molecule has 0 aliphatic heterocycles. The van der Waals surface area contributed by atoms with Gasteiger partial charge in [0.05, 0.1) is 36.7 Å². The quantitative estimate of drug-likeness (QED) is 0.875. The van der Waals surface area contributed by atoms with Gasteiger partial charge in [0, 0.05) is 12.3 Å². The zero-order valence-corrected chi connectivity index (χ0v) is 13.8. The molecule has 2 N–H and O–H groups in total. The summed E-state index contributed by atoms with van der Waals surface area (Å²) in [6.45, 7) is 1.85. The molecule has 0 aliphatic rings. The van der Waals surface area contributed by atoms with E-state index < -0.39 is 0 Å². The van der Waals surface area contributed by atoms with Crippen LogP contribution in [-0.2, 0) is 0 Å². The Labute approximate surface area is 139 Å². The Kier molecular flexibility index (Phi) is 5.65. The standard InChI is InChI=1S/C16H18ClN3O3/c1-10(12-6-4-5-7-18-12)19-16(21)20-13-8-11(17)14(22-2)9-15(13)23-3/h4-10H,1-3H3,(H2,19,20,21)/t10-/m0/s1. The number of rotatable bonds is 5. The highest BCUT2D eigenvalue weighted by atomic mass is 35.5. The highest BCUT2D eigenvalue weighted by Crippen LogP contribution is 2.35. The smallest absolute Gasteiger partial charge is 0.319 e. The number of benzene rings is 1. The maximum Gasteiger partial charge on any atom is 0.319 e. The van der Waals surface area contributed by atoms with E-state index in [1.165, 1.54) is 14.2 Å². The molecule has 2 aromatic rings. The van der Waals surface area contributed by atoms with Crippen molar-refractivity contribution in [1.29, 1.82) is 0 Å². The molecule has 7 heteroatoms. The second-order valence-corrected chi connectivity index (χ2v) is 5.17. The van der Waals surface area contributed by atoms with Crippen LogP contribution in [-0.4, -0.2) is 25.2 Å². The summed E-state index contributed by atoms with van der Waals surface area (Å²) in [6.07, 6.45) is 1.68. The van der Waals surface area contributed by atoms with Crippen LogP contribution in [0.25, 0.3) is 0 Å². The fraction of sp³-hybridized carbons (Fsp3) is 0.250. The van der Waals surface area contributed by atoms with Crippen LogP contribution in [0.3, 0.4) is 0 Å². The molecule has 2 rings (SSSR count). The fourth-order valence-electron chi connectivity index (χ4n) is 2.02. The molecule has 0 aliphatic carbocycles. The Morgan fingerprint density at radius 3 is 2.57 bits per heavy atom. The van der Waals surface area contributed by atoms with Crippen LogP contribution in [0.2, 0.25) is 5.02 Å². The number of pyridine rings is 1. The first-order chi connectivity index (χ1) is 11.0. The van der Waals surface area contributed by atoms with Crippen LogP contribution in [0.5, 0.6) is 11.5 Å². The van der Waals surface area contributed by atoms with Crippen LogP contribution >= 0.6 is 11.6 Å². The van der Waals surface area contributed by atoms with E-state index in [2.05, 4.69) is 15.6 Å². The van der Waals surface area contributed by atoms with Gasteiger partial charge in [-0.15, -0.1) is 0 Å². The van der Waals surface area contributed by atoms with Crippen molar-refractivity contribution in [1.82, 2.24) is 10.3 Å². The topological polar surface area (TPSA) is 72.5 Å². The zero-order valence-electron chi connectivity index (χ0n) is 13.1. The lowest BCUT2D eigenvalue weighted by molar-refractivity contribution is 0.249. The van der Waals surface area contributed by atoms with Crippen molar-refractivity contribution in [3.05, 3.63) is 47.2 Å². The van der Waals surface area contributed by atoms with E-state index in [4.69, 9.17) is 21.1 Å². The largest absolute Gasteiger partial charge is 0.495 e. The minimum absolute atomic E-state index is 0.240. The summed E-state index contributed by atoms with van der Waals surface area (Å²) in [7, 11) is 3.01. The first kappa shape index (κ1) is 16.9. The van der Waals surface area contributed by atoms with Gasteiger partial charge in [-0.3, -0.25) is 4.98 Å². The number of hydrogen-bond donors (Lipinski definition) is 2. The molecule has 0 bridgehead atoms. The number of aromatic nitrogens is 1. The van der Waals surface area contributed by atoms with Gasteiger partial charge in [0.15, 0.2) is 0 Å². The highest BCUT2D eigenvalue weighted by Gasteiger charge is 2.14. The third-order valence-electron chi connectivity index (χ3n) is 3.20. The molecule has 0 fully saturated rings. The van der Waals surface area contributed by atoms with Crippen molar-refractivity contribution in [3.8, 4) is 11.5 Å². The number of ether oxygens (including phenoxy) is 2. The van der Waals surface area contributed by atoms with Crippen molar-refractivity contribution >= 4 is 23.3 Å². The number of nitrogens with one attached hydrogen (secondary N) is 2. The van der Waals surface area contributed by atoms with Gasteiger partial charge in [-0.25, -0.2) is 4.79 Å². The van der Waals surface area contributed by atoms with Gasteiger partial charge < -0.3 is 20.1 Å². The van der Waals surface area contributed by atoms with Crippen molar-refractivity contribution in [3.63, 3.8) is 0 Å². The first-order valence-corrected chi connectivity index (χ1v) is 7.33. The molecule has 2 amide bonds. The Morgan fingerprint density at radius 1 is 1.22 bits per heavy atom. The molecule has 0 saturated heterocycles. The second-order valence-electron chi connectivity index (χ2n) is 4.76. The van der Waals surface area contributed by atoms with Gasteiger partial charge in [0.1, 0.15) is 11.5 Å². The summed E-state index contributed by atoms with van der Waals surface area (Å²) in [6, 6.07) is 8.09. The summed E-state index contributed by atoms with van der Waals surface area (Å²) in [5, 5.41) is 5.89. The van der Waals surface area contributed by atoms with Gasteiger partial charge in [0.25, 0.3) is 0 Å². The first-order valence-electron chi connectivity index (χ1n) is 6.95. The lowest BCUT2D eigenvalue weighted by Crippen LogP contribution is -2.31. The minimum atomic E-state index is -0.386. The summed E-state index contributed by atoms with van der Waals surface area (Å²) in [4.78, 5) is 16.4. The zero-order chi connectivity index (χ0) is 16.8. The van der Waals surface area contributed by atoms with E-state index in [0.717, 1.165) is 5.69 Å². The molecule has 0 radical (unpaired) electrons. The monoisotopic (exact) mass is 335 g/mol. The maximum absolute atomic E-state index is 12.2. The molecule has 0 spiro atoms. The molecule has 1 aromatic heterocycles. The highest BCUT2D eigenvalue weighted by molar-refractivity contribution is 6.32. The number of amides is 2. The Balaban J connectivity index is 2.09. The number of urea groups is 1. The number of hydrogen-bond acceptors (Lipinski definition) is 4. The SMILES string of the molecule is COc1cc(OC)c(NC(=O)N[C@@H](C)c2ccccn2)cc1Cl. The molecule has 1 atom stereocenters. The van der Waals surface area contributed by atoms with E-state index in [0.29, 0.717) is 22.2 Å². The molecule has 23 heavy (non-hydrogen) atoms. The van der Waals surface area contributed by atoms with Crippen molar-refractivity contribution in [2.75, 3.05) is 19.5 Å². The Morgan fingerprint density at radius 2 is 1.96 bits per heavy atom. The Hall–Kier alpha value is -2.47. The van der Waals surface area contributed by atoms with E-state index in [9.17, 15) is 4.79 Å². The molecular formula is C16H18ClN3O3. The van der Waals surface area contributed by atoms with Crippen molar-refractivity contribution in [2.24, 2.45) is 0 Å². The molecular weight excluding hydrogens is 318 g/mol. The van der Waals surface area contributed by atoms with Crippen LogP contribution in [0, 0.1) is 0 Å². The maximum atomic E-state index is 12.2. The molecule has 122 valence electrons. The summed E-state index contributed by atoms with van der Waals surface area (Å²) < 4.78 is 10.4. The minimum Gasteiger partial charge on any atom is -0.495 e. The van der Waals surface area contributed by atoms with Gasteiger partial charge in [-0.1, -0.05) is 17.7 Å². The lowest BCUT2D eigenvalue weighted by atomic mass is 10.2. The molecule has 0 saturated carbocycles. The summed E-state index contributed by atoms with van der Waals surface area (Å²) in [5.41, 5.74) is 1.21. The van der Waals surface area contributed by atoms with Gasteiger partial charge in [-0.2, -0.15) is 0 Å². The van der Waals surface area contributed by atoms with Gasteiger partial charge in [0.2, 0.25) is 0 Å². The summed E-state index contributed by atoms with van der Waals surface area (Å²) >= 11 is 6.08. The van der Waals surface area contributed by atoms with Crippen LogP contribution in [0.15, 0.2) is 36.5 Å². The average molecular weight is 336 g/mol. The van der Waals surface area contributed by atoms with Crippen molar-refractivity contribution < 1.29 is 14.3 Å². The number of carbonyl (C=O) groups excluding carboxylic acids is 1. The number of anilines is 1. The second kappa shape index (κ2) is 7.69.